The Morgan fingerprint density at radius 2 is 2.00 bits per heavy atom. The van der Waals surface area contributed by atoms with E-state index in [1.54, 1.807) is 0 Å². The predicted molar refractivity (Wildman–Crippen MR) is 74.6 cm³/mol. The van der Waals surface area contributed by atoms with Crippen LogP contribution < -0.4 is 5.32 Å². The molecular weight excluding hydrogens is 222 g/mol. The third kappa shape index (κ3) is 2.58. The van der Waals surface area contributed by atoms with E-state index < -0.39 is 0 Å². The summed E-state index contributed by atoms with van der Waals surface area (Å²) in [5.74, 6) is 0. The van der Waals surface area contributed by atoms with Gasteiger partial charge in [0.05, 0.1) is 0 Å². The van der Waals surface area contributed by atoms with Crippen LogP contribution in [-0.4, -0.2) is 55.1 Å². The molecule has 1 unspecified atom stereocenters. The van der Waals surface area contributed by atoms with Crippen molar-refractivity contribution in [2.75, 3.05) is 39.8 Å². The van der Waals surface area contributed by atoms with Gasteiger partial charge < -0.3 is 10.2 Å². The third-order valence-corrected chi connectivity index (χ3v) is 4.25. The van der Waals surface area contributed by atoms with Gasteiger partial charge in [-0.25, -0.2) is 0 Å². The number of nitrogens with zero attached hydrogens (tertiary/aromatic N) is 2. The summed E-state index contributed by atoms with van der Waals surface area (Å²) in [6.07, 6.45) is 1.28. The molecule has 98 valence electrons. The van der Waals surface area contributed by atoms with Gasteiger partial charge in [-0.3, -0.25) is 4.90 Å². The van der Waals surface area contributed by atoms with Crippen molar-refractivity contribution in [3.05, 3.63) is 35.9 Å². The molecule has 2 aliphatic rings. The molecule has 1 aromatic carbocycles. The van der Waals surface area contributed by atoms with Crippen LogP contribution in [0.2, 0.25) is 0 Å². The molecule has 3 nitrogen and oxygen atoms in total. The van der Waals surface area contributed by atoms with Crippen molar-refractivity contribution in [3.8, 4) is 0 Å². The Hall–Kier alpha value is -0.900. The monoisotopic (exact) mass is 245 g/mol. The Balaban J connectivity index is 1.61. The van der Waals surface area contributed by atoms with Crippen LogP contribution in [0.5, 0.6) is 0 Å². The van der Waals surface area contributed by atoms with Crippen molar-refractivity contribution in [2.45, 2.75) is 18.5 Å². The lowest BCUT2D eigenvalue weighted by atomic mass is 9.96. The summed E-state index contributed by atoms with van der Waals surface area (Å²) in [5.41, 5.74) is 1.78. The average molecular weight is 245 g/mol. The highest BCUT2D eigenvalue weighted by atomic mass is 15.3. The van der Waals surface area contributed by atoms with Gasteiger partial charge in [-0.1, -0.05) is 30.3 Å². The highest BCUT2D eigenvalue weighted by Crippen LogP contribution is 2.25. The molecule has 0 radical (unpaired) electrons. The smallest absolute Gasteiger partial charge is 0.0450 e. The van der Waals surface area contributed by atoms with Crippen LogP contribution in [-0.2, 0) is 6.54 Å². The number of hydrogen-bond acceptors (Lipinski definition) is 3. The van der Waals surface area contributed by atoms with E-state index in [1.165, 1.54) is 38.2 Å². The fourth-order valence-corrected chi connectivity index (χ4v) is 3.37. The van der Waals surface area contributed by atoms with Gasteiger partial charge in [-0.05, 0) is 19.0 Å². The number of piperazine rings is 1. The van der Waals surface area contributed by atoms with Gasteiger partial charge in [-0.15, -0.1) is 0 Å². The largest absolute Gasteiger partial charge is 0.308 e. The van der Waals surface area contributed by atoms with E-state index in [0.29, 0.717) is 5.54 Å². The standard InChI is InChI=1S/C15H23N3/c1-17-10-8-16-15(12-17)7-9-18(13-15)11-14-5-3-2-4-6-14/h2-6,16H,7-13H2,1H3. The fourth-order valence-electron chi connectivity index (χ4n) is 3.37. The molecule has 1 aromatic rings. The van der Waals surface area contributed by atoms with Gasteiger partial charge in [0, 0.05) is 44.8 Å². The Kier molecular flexibility index (Phi) is 3.37. The van der Waals surface area contributed by atoms with Crippen molar-refractivity contribution >= 4 is 0 Å². The zero-order valence-electron chi connectivity index (χ0n) is 11.2. The summed E-state index contributed by atoms with van der Waals surface area (Å²) < 4.78 is 0. The SMILES string of the molecule is CN1CCNC2(CCN(Cc3ccccc3)C2)C1. The molecule has 1 spiro atoms. The van der Waals surface area contributed by atoms with Gasteiger partial charge >= 0.3 is 0 Å². The Morgan fingerprint density at radius 3 is 2.78 bits per heavy atom. The summed E-state index contributed by atoms with van der Waals surface area (Å²) in [6.45, 7) is 7.00. The van der Waals surface area contributed by atoms with Crippen molar-refractivity contribution in [2.24, 2.45) is 0 Å². The van der Waals surface area contributed by atoms with Crippen molar-refractivity contribution in [3.63, 3.8) is 0 Å². The minimum Gasteiger partial charge on any atom is -0.308 e. The van der Waals surface area contributed by atoms with E-state index >= 15 is 0 Å². The molecule has 3 rings (SSSR count). The molecule has 0 amide bonds. The Morgan fingerprint density at radius 1 is 1.17 bits per heavy atom. The molecular formula is C15H23N3. The molecule has 2 fully saturated rings. The minimum atomic E-state index is 0.349. The molecule has 0 bridgehead atoms. The van der Waals surface area contributed by atoms with Crippen molar-refractivity contribution < 1.29 is 0 Å². The van der Waals surface area contributed by atoms with E-state index in [2.05, 4.69) is 52.5 Å². The number of rotatable bonds is 2. The summed E-state index contributed by atoms with van der Waals surface area (Å²) in [6, 6.07) is 10.8. The fraction of sp³-hybridized carbons (Fsp3) is 0.600. The maximum atomic E-state index is 3.76. The van der Waals surface area contributed by atoms with E-state index in [1.807, 2.05) is 0 Å². The first-order chi connectivity index (χ1) is 8.76. The van der Waals surface area contributed by atoms with Crippen LogP contribution >= 0.6 is 0 Å². The van der Waals surface area contributed by atoms with E-state index in [-0.39, 0.29) is 0 Å². The Bertz CT molecular complexity index is 392. The molecule has 1 N–H and O–H groups in total. The van der Waals surface area contributed by atoms with E-state index in [9.17, 15) is 0 Å². The highest BCUT2D eigenvalue weighted by molar-refractivity contribution is 5.15. The van der Waals surface area contributed by atoms with Crippen LogP contribution in [0.15, 0.2) is 30.3 Å². The van der Waals surface area contributed by atoms with Crippen LogP contribution in [0.25, 0.3) is 0 Å². The third-order valence-electron chi connectivity index (χ3n) is 4.25. The minimum absolute atomic E-state index is 0.349. The predicted octanol–water partition coefficient (Wildman–Crippen LogP) is 1.17. The lowest BCUT2D eigenvalue weighted by Crippen LogP contribution is -2.60. The highest BCUT2D eigenvalue weighted by Gasteiger charge is 2.40. The van der Waals surface area contributed by atoms with Crippen molar-refractivity contribution in [1.29, 1.82) is 0 Å². The number of likely N-dealkylation sites (N-methyl/N-ethyl adjacent to an activating group) is 1. The van der Waals surface area contributed by atoms with Gasteiger partial charge in [0.2, 0.25) is 0 Å². The first-order valence-electron chi connectivity index (χ1n) is 6.96. The van der Waals surface area contributed by atoms with Gasteiger partial charge in [0.1, 0.15) is 0 Å². The van der Waals surface area contributed by atoms with E-state index in [0.717, 1.165) is 13.1 Å². The summed E-state index contributed by atoms with van der Waals surface area (Å²) in [7, 11) is 2.24. The molecule has 2 aliphatic heterocycles. The molecule has 18 heavy (non-hydrogen) atoms. The molecule has 1 atom stereocenters. The molecule has 3 heteroatoms. The summed E-state index contributed by atoms with van der Waals surface area (Å²) >= 11 is 0. The number of benzene rings is 1. The van der Waals surface area contributed by atoms with Crippen LogP contribution in [0.4, 0.5) is 0 Å². The zero-order chi connectivity index (χ0) is 12.4. The molecule has 2 saturated heterocycles. The second kappa shape index (κ2) is 5.00. The maximum absolute atomic E-state index is 3.76. The number of nitrogens with one attached hydrogen (secondary N) is 1. The van der Waals surface area contributed by atoms with Crippen LogP contribution in [0.1, 0.15) is 12.0 Å². The molecule has 0 aliphatic carbocycles. The Labute approximate surface area is 110 Å². The lowest BCUT2D eigenvalue weighted by molar-refractivity contribution is 0.156. The van der Waals surface area contributed by atoms with Gasteiger partial charge in [-0.2, -0.15) is 0 Å². The summed E-state index contributed by atoms with van der Waals surface area (Å²) in [4.78, 5) is 5.05. The van der Waals surface area contributed by atoms with Crippen LogP contribution in [0.3, 0.4) is 0 Å². The summed E-state index contributed by atoms with van der Waals surface area (Å²) in [5, 5.41) is 3.76. The first-order valence-corrected chi connectivity index (χ1v) is 6.96. The second-order valence-electron chi connectivity index (χ2n) is 5.89. The average Bonchev–Trinajstić information content (AvgIpc) is 2.73. The van der Waals surface area contributed by atoms with E-state index in [4.69, 9.17) is 0 Å². The van der Waals surface area contributed by atoms with Crippen molar-refractivity contribution in [1.82, 2.24) is 15.1 Å². The molecule has 0 saturated carbocycles. The quantitative estimate of drug-likeness (QED) is 0.844. The van der Waals surface area contributed by atoms with Gasteiger partial charge in [0.25, 0.3) is 0 Å². The zero-order valence-corrected chi connectivity index (χ0v) is 11.2. The number of hydrogen-bond donors (Lipinski definition) is 1. The maximum Gasteiger partial charge on any atom is 0.0450 e. The lowest BCUT2D eigenvalue weighted by Gasteiger charge is -2.40. The topological polar surface area (TPSA) is 18.5 Å². The second-order valence-corrected chi connectivity index (χ2v) is 5.89. The van der Waals surface area contributed by atoms with Gasteiger partial charge in [0.15, 0.2) is 0 Å². The molecule has 2 heterocycles. The normalized spacial score (nSPS) is 30.1. The molecule has 0 aromatic heterocycles. The number of likely N-dealkylation sites (tertiary alicyclic amines) is 1. The first kappa shape index (κ1) is 12.2. The van der Waals surface area contributed by atoms with Crippen LogP contribution in [0, 0.1) is 0 Å².